The Bertz CT molecular complexity index is 1100. The summed E-state index contributed by atoms with van der Waals surface area (Å²) in [5.74, 6) is 2.77. The molecule has 1 aliphatic heterocycles. The van der Waals surface area contributed by atoms with Crippen molar-refractivity contribution in [2.24, 2.45) is 23.7 Å². The van der Waals surface area contributed by atoms with Gasteiger partial charge in [-0.25, -0.2) is 9.18 Å². The van der Waals surface area contributed by atoms with E-state index in [-0.39, 0.29) is 11.7 Å². The number of rotatable bonds is 6. The lowest BCUT2D eigenvalue weighted by molar-refractivity contribution is -0.118. The number of anilines is 1. The van der Waals surface area contributed by atoms with Gasteiger partial charge in [-0.15, -0.1) is 11.3 Å². The summed E-state index contributed by atoms with van der Waals surface area (Å²) in [6, 6.07) is 6.72. The third-order valence-corrected chi connectivity index (χ3v) is 9.86. The predicted octanol–water partition coefficient (Wildman–Crippen LogP) is 4.72. The van der Waals surface area contributed by atoms with E-state index in [0.717, 1.165) is 55.9 Å². The van der Waals surface area contributed by atoms with Gasteiger partial charge in [0.25, 0.3) is 0 Å². The fourth-order valence-electron chi connectivity index (χ4n) is 7.68. The first-order valence-electron chi connectivity index (χ1n) is 13.2. The smallest absolute Gasteiger partial charge is 0.341 e. The molecule has 5 aliphatic rings. The normalized spacial score (nSPS) is 29.9. The summed E-state index contributed by atoms with van der Waals surface area (Å²) in [5.41, 5.74) is 1.65. The minimum absolute atomic E-state index is 0.129. The first-order chi connectivity index (χ1) is 17.5. The van der Waals surface area contributed by atoms with Crippen molar-refractivity contribution in [3.05, 3.63) is 41.0 Å². The average Bonchev–Trinajstić information content (AvgIpc) is 3.27. The molecular weight excluding hydrogens is 477 g/mol. The van der Waals surface area contributed by atoms with Crippen LogP contribution < -0.4 is 5.32 Å². The van der Waals surface area contributed by atoms with Gasteiger partial charge in [0.1, 0.15) is 16.4 Å². The molecule has 0 atom stereocenters. The zero-order valence-electron chi connectivity index (χ0n) is 20.7. The Hall–Kier alpha value is -2.29. The average molecular weight is 512 g/mol. The van der Waals surface area contributed by atoms with E-state index in [1.807, 2.05) is 0 Å². The number of nitrogens with one attached hydrogen (secondary N) is 1. The fourth-order valence-corrected chi connectivity index (χ4v) is 8.65. The lowest BCUT2D eigenvalue weighted by atomic mass is 9.54. The van der Waals surface area contributed by atoms with Gasteiger partial charge in [-0.2, -0.15) is 0 Å². The first kappa shape index (κ1) is 24.1. The number of halogens is 1. The molecule has 1 saturated heterocycles. The van der Waals surface area contributed by atoms with Crippen LogP contribution in [-0.4, -0.2) is 67.6 Å². The number of amides is 1. The summed E-state index contributed by atoms with van der Waals surface area (Å²) in [4.78, 5) is 30.5. The van der Waals surface area contributed by atoms with E-state index in [9.17, 15) is 14.0 Å². The Morgan fingerprint density at radius 1 is 1.00 bits per heavy atom. The monoisotopic (exact) mass is 511 g/mol. The Morgan fingerprint density at radius 3 is 2.25 bits per heavy atom. The topological polar surface area (TPSA) is 61.9 Å². The van der Waals surface area contributed by atoms with E-state index in [2.05, 4.69) is 15.1 Å². The van der Waals surface area contributed by atoms with Gasteiger partial charge in [0.05, 0.1) is 13.7 Å². The van der Waals surface area contributed by atoms with Crippen LogP contribution in [-0.2, 0) is 9.53 Å². The van der Waals surface area contributed by atoms with Gasteiger partial charge in [0.2, 0.25) is 5.91 Å². The van der Waals surface area contributed by atoms with Gasteiger partial charge in [0, 0.05) is 43.2 Å². The third kappa shape index (κ3) is 4.59. The molecule has 6 nitrogen and oxygen atoms in total. The molecule has 1 aromatic carbocycles. The largest absolute Gasteiger partial charge is 0.465 e. The molecule has 2 aromatic rings. The maximum atomic E-state index is 13.4. The van der Waals surface area contributed by atoms with Crippen LogP contribution in [0.1, 0.15) is 42.5 Å². The predicted molar refractivity (Wildman–Crippen MR) is 139 cm³/mol. The van der Waals surface area contributed by atoms with Crippen LogP contribution in [0.15, 0.2) is 29.6 Å². The molecule has 4 saturated carbocycles. The number of methoxy groups -OCH3 is 1. The van der Waals surface area contributed by atoms with Gasteiger partial charge < -0.3 is 10.1 Å². The molecule has 8 heteroatoms. The minimum Gasteiger partial charge on any atom is -0.465 e. The highest BCUT2D eigenvalue weighted by molar-refractivity contribution is 7.15. The quantitative estimate of drug-likeness (QED) is 0.569. The van der Waals surface area contributed by atoms with Crippen LogP contribution in [0.2, 0.25) is 0 Å². The Balaban J connectivity index is 1.07. The first-order valence-corrected chi connectivity index (χ1v) is 14.1. The van der Waals surface area contributed by atoms with Crippen molar-refractivity contribution >= 4 is 28.2 Å². The number of nitrogens with zero attached hydrogens (tertiary/aromatic N) is 2. The minimum atomic E-state index is -0.518. The Labute approximate surface area is 215 Å². The second-order valence-corrected chi connectivity index (χ2v) is 12.0. The number of hydrogen-bond acceptors (Lipinski definition) is 6. The molecule has 1 amide bonds. The van der Waals surface area contributed by atoms with Gasteiger partial charge >= 0.3 is 5.97 Å². The molecule has 2 heterocycles. The second-order valence-electron chi connectivity index (χ2n) is 11.1. The van der Waals surface area contributed by atoms with Crippen molar-refractivity contribution in [2.45, 2.75) is 38.1 Å². The number of esters is 1. The standard InChI is InChI=1S/C28H34FN3O3S/c1-35-28(34)25-23(19-2-4-22(29)5-3-19)16-36-27(25)30-24(33)15-31-6-8-32(9-7-31)26-20-11-17-10-18(13-20)14-21(26)12-17/h2-5,16-18,20-21,26H,6-15H2,1H3,(H,30,33). The van der Waals surface area contributed by atoms with Crippen LogP contribution >= 0.6 is 11.3 Å². The van der Waals surface area contributed by atoms with Crippen LogP contribution in [0.4, 0.5) is 9.39 Å². The van der Waals surface area contributed by atoms with Gasteiger partial charge in [0.15, 0.2) is 0 Å². The van der Waals surface area contributed by atoms with Gasteiger partial charge in [-0.1, -0.05) is 12.1 Å². The van der Waals surface area contributed by atoms with Gasteiger partial charge in [-0.05, 0) is 73.5 Å². The summed E-state index contributed by atoms with van der Waals surface area (Å²) in [6.45, 7) is 4.15. The molecule has 1 N–H and O–H groups in total. The SMILES string of the molecule is COC(=O)c1c(-c2ccc(F)cc2)csc1NC(=O)CN1CCN(C2C3CC4CC(C3)CC2C4)CC1. The number of ether oxygens (including phenoxy) is 1. The molecular formula is C28H34FN3O3S. The number of piperazine rings is 1. The number of hydrogen-bond donors (Lipinski definition) is 1. The maximum Gasteiger partial charge on any atom is 0.341 e. The van der Waals surface area contributed by atoms with Crippen LogP contribution in [0.3, 0.4) is 0 Å². The highest BCUT2D eigenvalue weighted by Crippen LogP contribution is 2.55. The number of carbonyl (C=O) groups excluding carboxylic acids is 2. The molecule has 1 aromatic heterocycles. The Morgan fingerprint density at radius 2 is 1.64 bits per heavy atom. The van der Waals surface area contributed by atoms with E-state index in [1.165, 1.54) is 62.7 Å². The fraction of sp³-hybridized carbons (Fsp3) is 0.571. The summed E-state index contributed by atoms with van der Waals surface area (Å²) in [6.07, 6.45) is 7.22. The third-order valence-electron chi connectivity index (χ3n) is 8.96. The lowest BCUT2D eigenvalue weighted by Gasteiger charge is -2.58. The van der Waals surface area contributed by atoms with E-state index in [1.54, 1.807) is 17.5 Å². The van der Waals surface area contributed by atoms with Gasteiger partial charge in [-0.3, -0.25) is 14.6 Å². The van der Waals surface area contributed by atoms with E-state index in [0.29, 0.717) is 28.2 Å². The summed E-state index contributed by atoms with van der Waals surface area (Å²) in [5, 5.41) is 5.22. The second kappa shape index (κ2) is 9.88. The van der Waals surface area contributed by atoms with Crippen molar-refractivity contribution in [3.8, 4) is 11.1 Å². The molecule has 36 heavy (non-hydrogen) atoms. The van der Waals surface area contributed by atoms with E-state index in [4.69, 9.17) is 4.74 Å². The van der Waals surface area contributed by atoms with E-state index >= 15 is 0 Å². The summed E-state index contributed by atoms with van der Waals surface area (Å²) >= 11 is 1.29. The number of thiophene rings is 1. The van der Waals surface area contributed by atoms with Crippen LogP contribution in [0.5, 0.6) is 0 Å². The number of benzene rings is 1. The molecule has 0 radical (unpaired) electrons. The molecule has 4 bridgehead atoms. The van der Waals surface area contributed by atoms with Crippen molar-refractivity contribution in [2.75, 3.05) is 45.2 Å². The highest BCUT2D eigenvalue weighted by Gasteiger charge is 2.50. The molecule has 192 valence electrons. The summed E-state index contributed by atoms with van der Waals surface area (Å²) < 4.78 is 18.4. The van der Waals surface area contributed by atoms with Crippen molar-refractivity contribution in [1.29, 1.82) is 0 Å². The molecule has 5 fully saturated rings. The molecule has 4 aliphatic carbocycles. The zero-order chi connectivity index (χ0) is 24.8. The molecule has 0 spiro atoms. The summed E-state index contributed by atoms with van der Waals surface area (Å²) in [7, 11) is 1.32. The lowest BCUT2D eigenvalue weighted by Crippen LogP contribution is -2.60. The van der Waals surface area contributed by atoms with Crippen LogP contribution in [0.25, 0.3) is 11.1 Å². The molecule has 0 unspecified atom stereocenters. The zero-order valence-corrected chi connectivity index (χ0v) is 21.6. The maximum absolute atomic E-state index is 13.4. The van der Waals surface area contributed by atoms with Crippen LogP contribution in [0, 0.1) is 29.5 Å². The molecule has 7 rings (SSSR count). The van der Waals surface area contributed by atoms with Crippen molar-refractivity contribution in [1.82, 2.24) is 9.80 Å². The van der Waals surface area contributed by atoms with Crippen molar-refractivity contribution in [3.63, 3.8) is 0 Å². The highest BCUT2D eigenvalue weighted by atomic mass is 32.1. The van der Waals surface area contributed by atoms with Crippen molar-refractivity contribution < 1.29 is 18.7 Å². The Kier molecular flexibility index (Phi) is 6.60. The number of carbonyl (C=O) groups is 2. The van der Waals surface area contributed by atoms with E-state index < -0.39 is 5.97 Å².